The van der Waals surface area contributed by atoms with Gasteiger partial charge in [0, 0.05) is 92.2 Å². The molecule has 0 unspecified atom stereocenters. The molecule has 3 aliphatic heterocycles. The van der Waals surface area contributed by atoms with Crippen LogP contribution in [0, 0.1) is 17.3 Å². The second-order valence-corrected chi connectivity index (χ2v) is 20.5. The van der Waals surface area contributed by atoms with E-state index in [1.807, 2.05) is 60.2 Å². The summed E-state index contributed by atoms with van der Waals surface area (Å²) in [6, 6.07) is 8.00. The molecule has 6 heterocycles. The molecular formula is C48H67N9O7S. The Morgan fingerprint density at radius 2 is 1.91 bits per heavy atom. The second-order valence-electron chi connectivity index (χ2n) is 19.5. The number of likely N-dealkylation sites (N-methyl/N-ethyl adjacent to an activating group) is 2. The predicted octanol–water partition coefficient (Wildman–Crippen LogP) is 5.48. The van der Waals surface area contributed by atoms with Gasteiger partial charge in [-0.2, -0.15) is 5.43 Å². The van der Waals surface area contributed by atoms with Crippen LogP contribution in [-0.2, 0) is 43.2 Å². The third kappa shape index (κ3) is 9.66. The fourth-order valence-electron chi connectivity index (χ4n) is 9.72. The maximum atomic E-state index is 14.7. The Morgan fingerprint density at radius 3 is 2.58 bits per heavy atom. The molecular weight excluding hydrogens is 847 g/mol. The number of cyclic esters (lactones) is 1. The maximum absolute atomic E-state index is 14.7. The minimum Gasteiger partial charge on any atom is -0.462 e. The van der Waals surface area contributed by atoms with E-state index in [4.69, 9.17) is 19.4 Å². The number of pyridine rings is 1. The molecule has 65 heavy (non-hydrogen) atoms. The normalized spacial score (nSPS) is 23.5. The van der Waals surface area contributed by atoms with Crippen molar-refractivity contribution in [2.24, 2.45) is 17.3 Å². The van der Waals surface area contributed by atoms with Crippen LogP contribution in [0.4, 0.5) is 4.79 Å². The Balaban J connectivity index is 1.29. The molecule has 3 N–H and O–H groups in total. The number of aryl methyl sites for hydroxylation is 1. The highest BCUT2D eigenvalue weighted by atomic mass is 32.1. The van der Waals surface area contributed by atoms with Gasteiger partial charge in [0.15, 0.2) is 0 Å². The number of nitrogens with zero attached hydrogens (tertiary/aromatic N) is 7. The highest BCUT2D eigenvalue weighted by Crippen LogP contribution is 2.42. The molecule has 4 aromatic rings. The molecule has 352 valence electrons. The molecule has 0 aliphatic carbocycles. The number of likely N-dealkylation sites (tertiary alicyclic amines) is 1. The number of rotatable bonds is 10. The Bertz CT molecular complexity index is 2410. The second kappa shape index (κ2) is 19.1. The Kier molecular flexibility index (Phi) is 14.1. The molecule has 2 fully saturated rings. The summed E-state index contributed by atoms with van der Waals surface area (Å²) in [5, 5.41) is 19.6. The van der Waals surface area contributed by atoms with Gasteiger partial charge in [-0.05, 0) is 82.4 Å². The van der Waals surface area contributed by atoms with Crippen LogP contribution in [0.1, 0.15) is 83.7 Å². The number of benzene rings is 1. The van der Waals surface area contributed by atoms with E-state index in [1.165, 1.54) is 21.2 Å². The number of thiazole rings is 1. The van der Waals surface area contributed by atoms with E-state index < -0.39 is 41.0 Å². The number of aromatic nitrogens is 3. The Morgan fingerprint density at radius 1 is 1.15 bits per heavy atom. The number of aliphatic hydroxyl groups is 1. The summed E-state index contributed by atoms with van der Waals surface area (Å²) in [4.78, 5) is 72.3. The van der Waals surface area contributed by atoms with E-state index >= 15 is 0 Å². The standard InChI is InChI=1S/C48H67N9O7S/c1-12-55-37-17-16-31-21-33(37)34(42(55)32-15-13-19-49-40(32)30(5)63-11)23-47(6,7)27-64-45(60)48(62)18-14-20-57(52-48)44(59)35(22-39-50-36(31)26-65-39)51-43(58)41(28(2)3)54(10)46(61)56-24-29(4)38(56)25-53(8)9/h13,15-17,19,21,26,28-30,35,38,41,52,62H,12,14,18,20,22-25,27H2,1-11H3,(H,51,58)/t29-,30-,35-,38-,41-,48-/m0/s1. The summed E-state index contributed by atoms with van der Waals surface area (Å²) >= 11 is 1.38. The lowest BCUT2D eigenvalue weighted by Gasteiger charge is -2.49. The van der Waals surface area contributed by atoms with Crippen LogP contribution in [0.3, 0.4) is 0 Å². The number of urea groups is 1. The zero-order valence-electron chi connectivity index (χ0n) is 39.8. The number of hydrogen-bond acceptors (Lipinski definition) is 12. The number of nitrogens with one attached hydrogen (secondary N) is 2. The van der Waals surface area contributed by atoms with Crippen molar-refractivity contribution in [1.29, 1.82) is 0 Å². The lowest BCUT2D eigenvalue weighted by Crippen LogP contribution is -2.68. The Labute approximate surface area is 386 Å². The molecule has 0 radical (unpaired) electrons. The van der Waals surface area contributed by atoms with Crippen molar-refractivity contribution in [3.05, 3.63) is 58.2 Å². The van der Waals surface area contributed by atoms with Gasteiger partial charge in [0.25, 0.3) is 5.91 Å². The van der Waals surface area contributed by atoms with Crippen LogP contribution in [-0.4, -0.2) is 142 Å². The van der Waals surface area contributed by atoms with Crippen LogP contribution in [0.25, 0.3) is 33.4 Å². The van der Waals surface area contributed by atoms with E-state index in [9.17, 15) is 24.3 Å². The number of ether oxygens (including phenoxy) is 2. The van der Waals surface area contributed by atoms with Gasteiger partial charge in [0.05, 0.1) is 40.8 Å². The van der Waals surface area contributed by atoms with Crippen molar-refractivity contribution in [1.82, 2.24) is 45.0 Å². The number of methoxy groups -OCH3 is 1. The minimum absolute atomic E-state index is 0.00749. The van der Waals surface area contributed by atoms with Crippen LogP contribution < -0.4 is 10.7 Å². The maximum Gasteiger partial charge on any atom is 0.355 e. The summed E-state index contributed by atoms with van der Waals surface area (Å²) in [5.41, 5.74) is 6.39. The first kappa shape index (κ1) is 48.0. The number of hydrazine groups is 1. The monoisotopic (exact) mass is 913 g/mol. The predicted molar refractivity (Wildman–Crippen MR) is 250 cm³/mol. The van der Waals surface area contributed by atoms with Gasteiger partial charge >= 0.3 is 12.0 Å². The van der Waals surface area contributed by atoms with Crippen LogP contribution in [0.5, 0.6) is 0 Å². The summed E-state index contributed by atoms with van der Waals surface area (Å²) in [6.07, 6.45) is 2.32. The van der Waals surface area contributed by atoms with E-state index in [2.05, 4.69) is 58.3 Å². The van der Waals surface area contributed by atoms with Crippen molar-refractivity contribution >= 4 is 46.1 Å². The zero-order chi connectivity index (χ0) is 47.1. The lowest BCUT2D eigenvalue weighted by molar-refractivity contribution is -0.189. The highest BCUT2D eigenvalue weighted by Gasteiger charge is 2.47. The third-order valence-corrected chi connectivity index (χ3v) is 14.1. The summed E-state index contributed by atoms with van der Waals surface area (Å²) in [5.74, 6) is -1.94. The molecule has 3 aliphatic rings. The number of hydrogen-bond donors (Lipinski definition) is 3. The number of carbonyl (C=O) groups is 4. The first-order valence-electron chi connectivity index (χ1n) is 22.8. The van der Waals surface area contributed by atoms with Crippen molar-refractivity contribution < 1.29 is 33.8 Å². The molecule has 7 rings (SSSR count). The third-order valence-electron chi connectivity index (χ3n) is 13.2. The lowest BCUT2D eigenvalue weighted by atomic mass is 9.84. The molecule has 6 bridgehead atoms. The summed E-state index contributed by atoms with van der Waals surface area (Å²) in [6.45, 7) is 16.1. The van der Waals surface area contributed by atoms with Crippen LogP contribution in [0.15, 0.2) is 41.9 Å². The number of carbonyl (C=O) groups excluding carboxylic acids is 4. The van der Waals surface area contributed by atoms with Gasteiger partial charge in [-0.15, -0.1) is 11.3 Å². The smallest absolute Gasteiger partial charge is 0.355 e. The van der Waals surface area contributed by atoms with Gasteiger partial charge < -0.3 is 39.2 Å². The van der Waals surface area contributed by atoms with E-state index in [1.54, 1.807) is 25.3 Å². The Hall–Kier alpha value is -4.94. The summed E-state index contributed by atoms with van der Waals surface area (Å²) < 4.78 is 14.1. The molecule has 0 spiro atoms. The number of esters is 1. The molecule has 1 aromatic carbocycles. The molecule has 2 saturated heterocycles. The topological polar surface area (TPSA) is 175 Å². The fourth-order valence-corrected chi connectivity index (χ4v) is 10.6. The largest absolute Gasteiger partial charge is 0.462 e. The van der Waals surface area contributed by atoms with Gasteiger partial charge in [0.1, 0.15) is 12.1 Å². The summed E-state index contributed by atoms with van der Waals surface area (Å²) in [7, 11) is 7.25. The number of fused-ring (bicyclic) bond motifs is 6. The van der Waals surface area contributed by atoms with Gasteiger partial charge in [-0.25, -0.2) is 14.6 Å². The molecule has 3 aromatic heterocycles. The van der Waals surface area contributed by atoms with Gasteiger partial charge in [-0.1, -0.05) is 40.7 Å². The van der Waals surface area contributed by atoms with E-state index in [-0.39, 0.29) is 56.5 Å². The quantitative estimate of drug-likeness (QED) is 0.172. The molecule has 0 saturated carbocycles. The first-order chi connectivity index (χ1) is 30.8. The van der Waals surface area contributed by atoms with Crippen molar-refractivity contribution in [2.45, 2.75) is 111 Å². The van der Waals surface area contributed by atoms with Gasteiger partial charge in [0.2, 0.25) is 11.6 Å². The van der Waals surface area contributed by atoms with E-state index in [0.29, 0.717) is 37.0 Å². The number of amides is 4. The average molecular weight is 914 g/mol. The SMILES string of the molecule is CCn1c(-c2cccnc2[C@H](C)OC)c2c3cc(ccc31)-c1csc(n1)C[C@H](NC(=O)[C@H](C(C)C)N(C)C(=O)N1C[C@H](C)[C@@H]1CN(C)C)C(=O)N1CCC[C@@](O)(N1)C(=O)OCC(C)(C)C2. The van der Waals surface area contributed by atoms with Gasteiger partial charge in [-0.3, -0.25) is 19.6 Å². The molecule has 6 atom stereocenters. The van der Waals surface area contributed by atoms with Crippen LogP contribution >= 0.6 is 11.3 Å². The van der Waals surface area contributed by atoms with E-state index in [0.717, 1.165) is 44.7 Å². The molecule has 17 heteroatoms. The van der Waals surface area contributed by atoms with Crippen molar-refractivity contribution in [2.75, 3.05) is 54.5 Å². The van der Waals surface area contributed by atoms with Crippen LogP contribution in [0.2, 0.25) is 0 Å². The molecule has 16 nitrogen and oxygen atoms in total. The molecule has 4 amide bonds. The van der Waals surface area contributed by atoms with Crippen molar-refractivity contribution in [3.8, 4) is 22.5 Å². The fraction of sp³-hybridized carbons (Fsp3) is 0.583. The average Bonchev–Trinajstić information content (AvgIpc) is 3.86. The highest BCUT2D eigenvalue weighted by molar-refractivity contribution is 7.10. The minimum atomic E-state index is -2.21. The zero-order valence-corrected chi connectivity index (χ0v) is 40.6. The van der Waals surface area contributed by atoms with Crippen molar-refractivity contribution in [3.63, 3.8) is 0 Å². The first-order valence-corrected chi connectivity index (χ1v) is 23.7.